The first-order valence-corrected chi connectivity index (χ1v) is 4.65. The van der Waals surface area contributed by atoms with Crippen LogP contribution in [0.4, 0.5) is 0 Å². The Labute approximate surface area is 79.0 Å². The van der Waals surface area contributed by atoms with Gasteiger partial charge in [0.15, 0.2) is 0 Å². The third-order valence-corrected chi connectivity index (χ3v) is 2.37. The summed E-state index contributed by atoms with van der Waals surface area (Å²) in [6.07, 6.45) is 0. The molecule has 0 aliphatic carbocycles. The zero-order valence-electron chi connectivity index (χ0n) is 6.98. The Morgan fingerprint density at radius 2 is 2.38 bits per heavy atom. The van der Waals surface area contributed by atoms with Crippen LogP contribution in [-0.4, -0.2) is 11.0 Å². The third kappa shape index (κ3) is 1.67. The molecule has 0 unspecified atom stereocenters. The normalized spacial score (nSPS) is 10.2. The maximum absolute atomic E-state index is 10.6. The van der Waals surface area contributed by atoms with E-state index in [9.17, 15) is 4.79 Å². The number of ether oxygens (including phenoxy) is 1. The quantitative estimate of drug-likeness (QED) is 0.515. The minimum absolute atomic E-state index is 0.311. The number of carbonyl (C=O) groups excluding carboxylic acids is 1. The standard InChI is InChI=1S/C9H7NO2S/c1-6(11)12-7-2-3-9-8(4-7)10-5-13-9/h2-5H,1H3. The van der Waals surface area contributed by atoms with Gasteiger partial charge in [-0.2, -0.15) is 0 Å². The maximum Gasteiger partial charge on any atom is 0.308 e. The highest BCUT2D eigenvalue weighted by Crippen LogP contribution is 2.22. The summed E-state index contributed by atoms with van der Waals surface area (Å²) in [5.41, 5.74) is 2.63. The summed E-state index contributed by atoms with van der Waals surface area (Å²) in [6, 6.07) is 5.42. The molecule has 1 aromatic heterocycles. The lowest BCUT2D eigenvalue weighted by atomic mass is 10.3. The molecule has 0 saturated heterocycles. The van der Waals surface area contributed by atoms with Crippen LogP contribution in [0.5, 0.6) is 5.75 Å². The van der Waals surface area contributed by atoms with Gasteiger partial charge in [-0.25, -0.2) is 4.98 Å². The van der Waals surface area contributed by atoms with E-state index < -0.39 is 0 Å². The topological polar surface area (TPSA) is 39.2 Å². The first-order valence-electron chi connectivity index (χ1n) is 3.77. The van der Waals surface area contributed by atoms with Crippen LogP contribution in [0.2, 0.25) is 0 Å². The van der Waals surface area contributed by atoms with Crippen LogP contribution in [-0.2, 0) is 4.79 Å². The second-order valence-corrected chi connectivity index (χ2v) is 3.46. The van der Waals surface area contributed by atoms with Crippen LogP contribution >= 0.6 is 11.3 Å². The van der Waals surface area contributed by atoms with E-state index in [4.69, 9.17) is 4.74 Å². The summed E-state index contributed by atoms with van der Waals surface area (Å²) in [4.78, 5) is 14.8. The van der Waals surface area contributed by atoms with Crippen molar-refractivity contribution in [3.05, 3.63) is 23.7 Å². The summed E-state index contributed by atoms with van der Waals surface area (Å²) in [5.74, 6) is 0.237. The van der Waals surface area contributed by atoms with Crippen LogP contribution in [0.25, 0.3) is 10.2 Å². The molecule has 2 rings (SSSR count). The summed E-state index contributed by atoms with van der Waals surface area (Å²) in [7, 11) is 0. The molecular weight excluding hydrogens is 186 g/mol. The van der Waals surface area contributed by atoms with E-state index in [1.165, 1.54) is 6.92 Å². The van der Waals surface area contributed by atoms with Gasteiger partial charge in [-0.15, -0.1) is 11.3 Å². The molecule has 13 heavy (non-hydrogen) atoms. The monoisotopic (exact) mass is 193 g/mol. The van der Waals surface area contributed by atoms with E-state index >= 15 is 0 Å². The molecule has 4 heteroatoms. The number of benzene rings is 1. The van der Waals surface area contributed by atoms with Gasteiger partial charge >= 0.3 is 5.97 Å². The first-order chi connectivity index (χ1) is 6.25. The zero-order valence-corrected chi connectivity index (χ0v) is 7.80. The third-order valence-electron chi connectivity index (χ3n) is 1.56. The van der Waals surface area contributed by atoms with Crippen LogP contribution in [0, 0.1) is 0 Å². The number of fused-ring (bicyclic) bond motifs is 1. The van der Waals surface area contributed by atoms with Gasteiger partial charge in [-0.3, -0.25) is 4.79 Å². The van der Waals surface area contributed by atoms with E-state index in [1.54, 1.807) is 29.0 Å². The zero-order chi connectivity index (χ0) is 9.26. The van der Waals surface area contributed by atoms with Gasteiger partial charge in [0.05, 0.1) is 15.7 Å². The van der Waals surface area contributed by atoms with E-state index in [0.717, 1.165) is 10.2 Å². The molecule has 66 valence electrons. The van der Waals surface area contributed by atoms with Crippen LogP contribution in [0.3, 0.4) is 0 Å². The molecule has 0 aliphatic rings. The minimum atomic E-state index is -0.311. The molecule has 0 radical (unpaired) electrons. The summed E-state index contributed by atoms with van der Waals surface area (Å²) in [5, 5.41) is 0. The predicted octanol–water partition coefficient (Wildman–Crippen LogP) is 2.22. The fourth-order valence-corrected chi connectivity index (χ4v) is 1.73. The molecule has 1 aromatic carbocycles. The Balaban J connectivity index is 2.42. The van der Waals surface area contributed by atoms with Gasteiger partial charge in [0.2, 0.25) is 0 Å². The highest BCUT2D eigenvalue weighted by molar-refractivity contribution is 7.16. The molecule has 2 aromatic rings. The molecule has 0 aliphatic heterocycles. The van der Waals surface area contributed by atoms with Gasteiger partial charge in [0.1, 0.15) is 5.75 Å². The molecule has 0 bridgehead atoms. The van der Waals surface area contributed by atoms with Gasteiger partial charge < -0.3 is 4.74 Å². The van der Waals surface area contributed by atoms with Crippen molar-refractivity contribution in [3.63, 3.8) is 0 Å². The SMILES string of the molecule is CC(=O)Oc1ccc2scnc2c1. The number of aromatic nitrogens is 1. The summed E-state index contributed by atoms with van der Waals surface area (Å²) >= 11 is 1.56. The maximum atomic E-state index is 10.6. The summed E-state index contributed by atoms with van der Waals surface area (Å²) in [6.45, 7) is 1.38. The molecule has 0 spiro atoms. The van der Waals surface area contributed by atoms with Crippen molar-refractivity contribution < 1.29 is 9.53 Å². The fraction of sp³-hybridized carbons (Fsp3) is 0.111. The Bertz CT molecular complexity index is 450. The van der Waals surface area contributed by atoms with Crippen LogP contribution < -0.4 is 4.74 Å². The lowest BCUT2D eigenvalue weighted by Gasteiger charge is -1.99. The van der Waals surface area contributed by atoms with E-state index in [-0.39, 0.29) is 5.97 Å². The van der Waals surface area contributed by atoms with Crippen molar-refractivity contribution in [1.82, 2.24) is 4.98 Å². The van der Waals surface area contributed by atoms with E-state index in [1.807, 2.05) is 6.07 Å². The number of thiazole rings is 1. The highest BCUT2D eigenvalue weighted by Gasteiger charge is 2.01. The van der Waals surface area contributed by atoms with Crippen molar-refractivity contribution in [1.29, 1.82) is 0 Å². The minimum Gasteiger partial charge on any atom is -0.427 e. The smallest absolute Gasteiger partial charge is 0.308 e. The fourth-order valence-electron chi connectivity index (χ4n) is 1.07. The average molecular weight is 193 g/mol. The first kappa shape index (κ1) is 8.19. The van der Waals surface area contributed by atoms with E-state index in [0.29, 0.717) is 5.75 Å². The largest absolute Gasteiger partial charge is 0.427 e. The van der Waals surface area contributed by atoms with Crippen molar-refractivity contribution in [2.24, 2.45) is 0 Å². The van der Waals surface area contributed by atoms with Gasteiger partial charge in [-0.1, -0.05) is 0 Å². The Kier molecular flexibility index (Phi) is 1.98. The highest BCUT2D eigenvalue weighted by atomic mass is 32.1. The number of hydrogen-bond donors (Lipinski definition) is 0. The van der Waals surface area contributed by atoms with Crippen molar-refractivity contribution >= 4 is 27.5 Å². The number of esters is 1. The van der Waals surface area contributed by atoms with Gasteiger partial charge in [0.25, 0.3) is 0 Å². The second-order valence-electron chi connectivity index (χ2n) is 2.58. The molecule has 0 saturated carbocycles. The number of nitrogens with zero attached hydrogens (tertiary/aromatic N) is 1. The lowest BCUT2D eigenvalue weighted by molar-refractivity contribution is -0.131. The molecule has 3 nitrogen and oxygen atoms in total. The Morgan fingerprint density at radius 1 is 1.54 bits per heavy atom. The number of carbonyl (C=O) groups is 1. The molecule has 0 atom stereocenters. The average Bonchev–Trinajstić information content (AvgIpc) is 2.49. The lowest BCUT2D eigenvalue weighted by Crippen LogP contribution is -2.00. The van der Waals surface area contributed by atoms with Crippen molar-refractivity contribution in [2.75, 3.05) is 0 Å². The summed E-state index contributed by atoms with van der Waals surface area (Å²) < 4.78 is 6.01. The molecular formula is C9H7NO2S. The predicted molar refractivity (Wildman–Crippen MR) is 50.9 cm³/mol. The number of hydrogen-bond acceptors (Lipinski definition) is 4. The van der Waals surface area contributed by atoms with E-state index in [2.05, 4.69) is 4.98 Å². The van der Waals surface area contributed by atoms with Gasteiger partial charge in [-0.05, 0) is 12.1 Å². The second kappa shape index (κ2) is 3.14. The Morgan fingerprint density at radius 3 is 3.15 bits per heavy atom. The number of rotatable bonds is 1. The van der Waals surface area contributed by atoms with Gasteiger partial charge in [0, 0.05) is 13.0 Å². The van der Waals surface area contributed by atoms with Crippen LogP contribution in [0.15, 0.2) is 23.7 Å². The molecule has 0 N–H and O–H groups in total. The molecule has 0 amide bonds. The van der Waals surface area contributed by atoms with Crippen molar-refractivity contribution in [3.8, 4) is 5.75 Å². The molecule has 0 fully saturated rings. The Hall–Kier alpha value is -1.42. The van der Waals surface area contributed by atoms with Crippen molar-refractivity contribution in [2.45, 2.75) is 6.92 Å². The van der Waals surface area contributed by atoms with Crippen LogP contribution in [0.1, 0.15) is 6.92 Å². The molecule has 1 heterocycles.